The lowest BCUT2D eigenvalue weighted by Gasteiger charge is -2.28. The average Bonchev–Trinajstić information content (AvgIpc) is 2.90. The lowest BCUT2D eigenvalue weighted by molar-refractivity contribution is 0.490. The van der Waals surface area contributed by atoms with Gasteiger partial charge in [0.1, 0.15) is 0 Å². The number of hydrogen-bond donors (Lipinski definition) is 0. The summed E-state index contributed by atoms with van der Waals surface area (Å²) in [6, 6.07) is 30.2. The number of rotatable bonds is 3. The van der Waals surface area contributed by atoms with E-state index in [0.717, 1.165) is 11.3 Å². The molecule has 6 rings (SSSR count). The molecule has 170 valence electrons. The van der Waals surface area contributed by atoms with E-state index in [1.165, 1.54) is 79.8 Å². The van der Waals surface area contributed by atoms with E-state index in [1.54, 1.807) is 25.7 Å². The predicted molar refractivity (Wildman–Crippen MR) is 149 cm³/mol. The summed E-state index contributed by atoms with van der Waals surface area (Å²) in [7, 11) is 1.33. The molecule has 0 amide bonds. The molecule has 0 spiro atoms. The summed E-state index contributed by atoms with van der Waals surface area (Å²) in [5, 5.41) is 5.20. The normalized spacial score (nSPS) is 17.6. The van der Waals surface area contributed by atoms with E-state index in [1.807, 2.05) is 0 Å². The minimum absolute atomic E-state index is 1.15. The van der Waals surface area contributed by atoms with Crippen molar-refractivity contribution in [2.45, 2.75) is 75.5 Å². The standard InChI is InChI=1S/C20H14.C12H23P/c1-3-11-17-15(7-1)9-5-13-19(17)20-14-6-10-16-8-2-4-12-18(16)20;1-3-7-11(8-4-1)13-12-9-5-2-6-10-12/h1-14H;11-13H,1-10H2. The third kappa shape index (κ3) is 5.67. The molecule has 0 heterocycles. The van der Waals surface area contributed by atoms with Crippen LogP contribution in [-0.4, -0.2) is 11.3 Å². The van der Waals surface area contributed by atoms with Crippen molar-refractivity contribution in [2.24, 2.45) is 0 Å². The van der Waals surface area contributed by atoms with Crippen LogP contribution >= 0.6 is 8.58 Å². The van der Waals surface area contributed by atoms with Crippen LogP contribution < -0.4 is 0 Å². The Balaban J connectivity index is 0.000000152. The Morgan fingerprint density at radius 2 is 0.818 bits per heavy atom. The van der Waals surface area contributed by atoms with Gasteiger partial charge < -0.3 is 0 Å². The van der Waals surface area contributed by atoms with Gasteiger partial charge in [-0.1, -0.05) is 123 Å². The summed E-state index contributed by atoms with van der Waals surface area (Å²) in [6.07, 6.45) is 15.4. The van der Waals surface area contributed by atoms with Crippen LogP contribution in [0.4, 0.5) is 0 Å². The largest absolute Gasteiger partial charge is 0.116 e. The summed E-state index contributed by atoms with van der Waals surface area (Å²) < 4.78 is 0. The van der Waals surface area contributed by atoms with E-state index in [4.69, 9.17) is 0 Å². The fourth-order valence-electron chi connectivity index (χ4n) is 5.79. The van der Waals surface area contributed by atoms with E-state index in [9.17, 15) is 0 Å². The molecule has 0 atom stereocenters. The number of hydrogen-bond acceptors (Lipinski definition) is 0. The molecule has 0 aliphatic heterocycles. The number of fused-ring (bicyclic) bond motifs is 2. The second-order valence-corrected chi connectivity index (χ2v) is 11.9. The van der Waals surface area contributed by atoms with Crippen molar-refractivity contribution in [3.05, 3.63) is 84.9 Å². The monoisotopic (exact) mass is 452 g/mol. The van der Waals surface area contributed by atoms with Crippen molar-refractivity contribution >= 4 is 30.1 Å². The Labute approximate surface area is 201 Å². The van der Waals surface area contributed by atoms with Gasteiger partial charge in [0.2, 0.25) is 0 Å². The van der Waals surface area contributed by atoms with Gasteiger partial charge in [-0.05, 0) is 69.7 Å². The van der Waals surface area contributed by atoms with E-state index in [0.29, 0.717) is 0 Å². The molecule has 0 radical (unpaired) electrons. The van der Waals surface area contributed by atoms with E-state index in [-0.39, 0.29) is 0 Å². The average molecular weight is 453 g/mol. The molecular weight excluding hydrogens is 415 g/mol. The molecular formula is C32H37P. The fourth-order valence-corrected chi connectivity index (χ4v) is 7.94. The van der Waals surface area contributed by atoms with Crippen LogP contribution in [0.2, 0.25) is 0 Å². The minimum atomic E-state index is 1.15. The summed E-state index contributed by atoms with van der Waals surface area (Å²) >= 11 is 0. The maximum absolute atomic E-state index is 2.21. The maximum Gasteiger partial charge on any atom is -0.00992 e. The van der Waals surface area contributed by atoms with E-state index < -0.39 is 0 Å². The lowest BCUT2D eigenvalue weighted by Crippen LogP contribution is -2.14. The molecule has 0 unspecified atom stereocenters. The zero-order chi connectivity index (χ0) is 22.3. The molecule has 2 fully saturated rings. The van der Waals surface area contributed by atoms with Crippen LogP contribution in [0, 0.1) is 0 Å². The Bertz CT molecular complexity index is 1060. The van der Waals surface area contributed by atoms with Crippen LogP contribution in [0.15, 0.2) is 84.9 Å². The summed E-state index contributed by atoms with van der Waals surface area (Å²) in [5.41, 5.74) is 4.91. The molecule has 0 bridgehead atoms. The van der Waals surface area contributed by atoms with Gasteiger partial charge in [-0.3, -0.25) is 0 Å². The molecule has 2 saturated carbocycles. The van der Waals surface area contributed by atoms with Gasteiger partial charge in [-0.2, -0.15) is 0 Å². The highest BCUT2D eigenvalue weighted by Gasteiger charge is 2.20. The molecule has 0 nitrogen and oxygen atoms in total. The Morgan fingerprint density at radius 3 is 1.27 bits per heavy atom. The van der Waals surface area contributed by atoms with Crippen molar-refractivity contribution < 1.29 is 0 Å². The first kappa shape index (κ1) is 22.6. The summed E-state index contributed by atoms with van der Waals surface area (Å²) in [6.45, 7) is 0. The van der Waals surface area contributed by atoms with Gasteiger partial charge in [0.25, 0.3) is 0 Å². The van der Waals surface area contributed by atoms with Gasteiger partial charge in [0.05, 0.1) is 0 Å². The van der Waals surface area contributed by atoms with Gasteiger partial charge in [-0.15, -0.1) is 8.58 Å². The first-order valence-corrected chi connectivity index (χ1v) is 14.3. The number of benzene rings is 4. The van der Waals surface area contributed by atoms with Gasteiger partial charge in [0.15, 0.2) is 0 Å². The van der Waals surface area contributed by atoms with Gasteiger partial charge in [0, 0.05) is 0 Å². The first-order chi connectivity index (χ1) is 16.4. The second-order valence-electron chi connectivity index (χ2n) is 9.89. The summed E-state index contributed by atoms with van der Waals surface area (Å²) in [5.74, 6) is 0. The quantitative estimate of drug-likeness (QED) is 0.271. The zero-order valence-corrected chi connectivity index (χ0v) is 20.8. The molecule has 33 heavy (non-hydrogen) atoms. The van der Waals surface area contributed by atoms with Crippen molar-refractivity contribution in [3.8, 4) is 11.1 Å². The Hall–Kier alpha value is -2.17. The molecule has 0 N–H and O–H groups in total. The Kier molecular flexibility index (Phi) is 7.75. The first-order valence-electron chi connectivity index (χ1n) is 13.1. The van der Waals surface area contributed by atoms with Crippen LogP contribution in [-0.2, 0) is 0 Å². The smallest absolute Gasteiger partial charge is 0.00992 e. The lowest BCUT2D eigenvalue weighted by atomic mass is 9.94. The van der Waals surface area contributed by atoms with Gasteiger partial charge >= 0.3 is 0 Å². The van der Waals surface area contributed by atoms with E-state index in [2.05, 4.69) is 84.9 Å². The molecule has 2 aliphatic rings. The molecule has 0 aromatic heterocycles. The highest BCUT2D eigenvalue weighted by Crippen LogP contribution is 2.41. The highest BCUT2D eigenvalue weighted by molar-refractivity contribution is 7.39. The van der Waals surface area contributed by atoms with Crippen molar-refractivity contribution in [1.29, 1.82) is 0 Å². The predicted octanol–water partition coefficient (Wildman–Crippen LogP) is 9.99. The highest BCUT2D eigenvalue weighted by atomic mass is 31.1. The minimum Gasteiger partial charge on any atom is -0.116 e. The Morgan fingerprint density at radius 1 is 0.424 bits per heavy atom. The molecule has 1 heteroatoms. The molecule has 2 aliphatic carbocycles. The van der Waals surface area contributed by atoms with Crippen LogP contribution in [0.1, 0.15) is 64.2 Å². The van der Waals surface area contributed by atoms with Crippen LogP contribution in [0.5, 0.6) is 0 Å². The van der Waals surface area contributed by atoms with Gasteiger partial charge in [-0.25, -0.2) is 0 Å². The van der Waals surface area contributed by atoms with Crippen molar-refractivity contribution in [2.75, 3.05) is 0 Å². The zero-order valence-electron chi connectivity index (χ0n) is 19.8. The summed E-state index contributed by atoms with van der Waals surface area (Å²) in [4.78, 5) is 0. The van der Waals surface area contributed by atoms with E-state index >= 15 is 0 Å². The third-order valence-electron chi connectivity index (χ3n) is 7.55. The van der Waals surface area contributed by atoms with Crippen LogP contribution in [0.3, 0.4) is 0 Å². The molecule has 4 aromatic carbocycles. The molecule has 4 aromatic rings. The topological polar surface area (TPSA) is 0 Å². The maximum atomic E-state index is 2.21. The second kappa shape index (κ2) is 11.3. The van der Waals surface area contributed by atoms with Crippen molar-refractivity contribution in [3.63, 3.8) is 0 Å². The molecule has 0 saturated heterocycles. The van der Waals surface area contributed by atoms with Crippen LogP contribution in [0.25, 0.3) is 32.7 Å². The van der Waals surface area contributed by atoms with Crippen molar-refractivity contribution in [1.82, 2.24) is 0 Å². The SMILES string of the molecule is C1CCC(PC2CCCCC2)CC1.c1ccc2c(-c3cccc4ccccc34)cccc2c1. The third-order valence-corrected chi connectivity index (χ3v) is 9.65. The fraction of sp³-hybridized carbons (Fsp3) is 0.375.